The highest BCUT2D eigenvalue weighted by Crippen LogP contribution is 2.25. The maximum atomic E-state index is 12.6. The van der Waals surface area contributed by atoms with Crippen molar-refractivity contribution in [2.75, 3.05) is 60.0 Å². The van der Waals surface area contributed by atoms with Crippen molar-refractivity contribution in [3.8, 4) is 11.5 Å². The summed E-state index contributed by atoms with van der Waals surface area (Å²) in [5.74, 6) is 1.32. The zero-order chi connectivity index (χ0) is 21.8. The fourth-order valence-corrected chi connectivity index (χ4v) is 3.43. The summed E-state index contributed by atoms with van der Waals surface area (Å²) in [6.45, 7) is 7.29. The van der Waals surface area contributed by atoms with Gasteiger partial charge in [-0.05, 0) is 44.1 Å². The first-order valence-electron chi connectivity index (χ1n) is 10.6. The van der Waals surface area contributed by atoms with Gasteiger partial charge in [0.2, 0.25) is 0 Å². The lowest BCUT2D eigenvalue weighted by molar-refractivity contribution is -0.0504. The quantitative estimate of drug-likeness (QED) is 0.190. The lowest BCUT2D eigenvalue weighted by Gasteiger charge is -2.34. The molecule has 0 aromatic heterocycles. The molecule has 1 heterocycles. The van der Waals surface area contributed by atoms with E-state index in [1.807, 2.05) is 0 Å². The highest BCUT2D eigenvalue weighted by molar-refractivity contribution is 14.0. The second-order valence-corrected chi connectivity index (χ2v) is 7.19. The second kappa shape index (κ2) is 15.4. The Morgan fingerprint density at radius 1 is 1.13 bits per heavy atom. The Balaban J connectivity index is 0.00000480. The minimum atomic E-state index is -2.88. The van der Waals surface area contributed by atoms with Crippen LogP contribution in [0.2, 0.25) is 0 Å². The van der Waals surface area contributed by atoms with E-state index in [0.29, 0.717) is 23.8 Å². The van der Waals surface area contributed by atoms with Gasteiger partial charge in [0, 0.05) is 51.9 Å². The van der Waals surface area contributed by atoms with Crippen LogP contribution in [0.4, 0.5) is 8.78 Å². The molecule has 31 heavy (non-hydrogen) atoms. The molecule has 1 fully saturated rings. The Kier molecular flexibility index (Phi) is 13.7. The van der Waals surface area contributed by atoms with Gasteiger partial charge >= 0.3 is 6.61 Å². The first-order valence-corrected chi connectivity index (χ1v) is 10.6. The minimum Gasteiger partial charge on any atom is -0.497 e. The normalized spacial score (nSPS) is 15.5. The standard InChI is InChI=1S/C21H35F2N5O2.HI/c1-4-27-11-13-28(14-12-27)10-6-5-9-25-21(24-2)26-16-17-15-18(29-3)7-8-19(17)30-20(22)23;/h7-8,15,20H,4-6,9-14,16H2,1-3H3,(H2,24,25,26);1H. The van der Waals surface area contributed by atoms with Crippen LogP contribution in [0.3, 0.4) is 0 Å². The molecule has 10 heteroatoms. The Hall–Kier alpha value is -1.40. The van der Waals surface area contributed by atoms with Crippen molar-refractivity contribution in [1.29, 1.82) is 0 Å². The number of nitrogens with one attached hydrogen (secondary N) is 2. The van der Waals surface area contributed by atoms with Gasteiger partial charge < -0.3 is 29.9 Å². The molecule has 0 bridgehead atoms. The van der Waals surface area contributed by atoms with Gasteiger partial charge in [-0.25, -0.2) is 0 Å². The Morgan fingerprint density at radius 2 is 1.84 bits per heavy atom. The Bertz CT molecular complexity index is 659. The molecule has 2 rings (SSSR count). The molecule has 1 aliphatic rings. The van der Waals surface area contributed by atoms with Gasteiger partial charge in [0.15, 0.2) is 5.96 Å². The largest absolute Gasteiger partial charge is 0.497 e. The van der Waals surface area contributed by atoms with Crippen LogP contribution in [0.5, 0.6) is 11.5 Å². The average molecular weight is 555 g/mol. The van der Waals surface area contributed by atoms with Gasteiger partial charge in [0.25, 0.3) is 0 Å². The van der Waals surface area contributed by atoms with E-state index in [9.17, 15) is 8.78 Å². The molecule has 0 atom stereocenters. The van der Waals surface area contributed by atoms with Gasteiger partial charge in [0.1, 0.15) is 11.5 Å². The Morgan fingerprint density at radius 3 is 2.45 bits per heavy atom. The number of halogens is 3. The molecule has 1 aromatic carbocycles. The van der Waals surface area contributed by atoms with E-state index in [-0.39, 0.29) is 29.7 Å². The zero-order valence-electron chi connectivity index (χ0n) is 18.7. The number of hydrogen-bond donors (Lipinski definition) is 2. The van der Waals surface area contributed by atoms with Gasteiger partial charge in [-0.15, -0.1) is 24.0 Å². The molecule has 0 amide bonds. The van der Waals surface area contributed by atoms with E-state index in [2.05, 4.69) is 37.1 Å². The van der Waals surface area contributed by atoms with Crippen molar-refractivity contribution in [2.45, 2.75) is 32.9 Å². The maximum absolute atomic E-state index is 12.6. The summed E-state index contributed by atoms with van der Waals surface area (Å²) >= 11 is 0. The summed E-state index contributed by atoms with van der Waals surface area (Å²) in [4.78, 5) is 9.20. The first-order chi connectivity index (χ1) is 14.5. The van der Waals surface area contributed by atoms with Gasteiger partial charge in [-0.3, -0.25) is 4.99 Å². The SMILES string of the molecule is CCN1CCN(CCCCNC(=NC)NCc2cc(OC)ccc2OC(F)F)CC1.I. The number of ether oxygens (including phenoxy) is 2. The second-order valence-electron chi connectivity index (χ2n) is 7.19. The van der Waals surface area contributed by atoms with Gasteiger partial charge in [-0.2, -0.15) is 8.78 Å². The van der Waals surface area contributed by atoms with Crippen LogP contribution >= 0.6 is 24.0 Å². The molecule has 1 aliphatic heterocycles. The van der Waals surface area contributed by atoms with Crippen molar-refractivity contribution in [3.05, 3.63) is 23.8 Å². The third-order valence-electron chi connectivity index (χ3n) is 5.26. The number of hydrogen-bond acceptors (Lipinski definition) is 5. The number of unbranched alkanes of at least 4 members (excludes halogenated alkanes) is 1. The highest BCUT2D eigenvalue weighted by atomic mass is 127. The number of benzene rings is 1. The summed E-state index contributed by atoms with van der Waals surface area (Å²) in [5, 5.41) is 6.42. The van der Waals surface area contributed by atoms with E-state index in [0.717, 1.165) is 58.7 Å². The Labute approximate surface area is 201 Å². The van der Waals surface area contributed by atoms with E-state index in [4.69, 9.17) is 4.74 Å². The van der Waals surface area contributed by atoms with Crippen molar-refractivity contribution >= 4 is 29.9 Å². The summed E-state index contributed by atoms with van der Waals surface area (Å²) in [6.07, 6.45) is 2.16. The predicted octanol–water partition coefficient (Wildman–Crippen LogP) is 3.00. The maximum Gasteiger partial charge on any atom is 0.387 e. The number of nitrogens with zero attached hydrogens (tertiary/aromatic N) is 3. The molecular weight excluding hydrogens is 519 g/mol. The molecule has 178 valence electrons. The van der Waals surface area contributed by atoms with Crippen molar-refractivity contribution in [1.82, 2.24) is 20.4 Å². The molecule has 0 unspecified atom stereocenters. The van der Waals surface area contributed by atoms with Gasteiger partial charge in [0.05, 0.1) is 7.11 Å². The van der Waals surface area contributed by atoms with Crippen LogP contribution in [0, 0.1) is 0 Å². The van der Waals surface area contributed by atoms with E-state index in [1.165, 1.54) is 13.2 Å². The minimum absolute atomic E-state index is 0. The monoisotopic (exact) mass is 555 g/mol. The van der Waals surface area contributed by atoms with Crippen LogP contribution in [0.25, 0.3) is 0 Å². The number of likely N-dealkylation sites (N-methyl/N-ethyl adjacent to an activating group) is 1. The molecule has 1 aromatic rings. The third kappa shape index (κ3) is 10.2. The molecule has 0 saturated carbocycles. The molecule has 1 saturated heterocycles. The summed E-state index contributed by atoms with van der Waals surface area (Å²) in [7, 11) is 3.22. The molecule has 0 spiro atoms. The lowest BCUT2D eigenvalue weighted by atomic mass is 10.2. The molecule has 0 aliphatic carbocycles. The molecule has 7 nitrogen and oxygen atoms in total. The number of rotatable bonds is 11. The smallest absolute Gasteiger partial charge is 0.387 e. The van der Waals surface area contributed by atoms with Crippen molar-refractivity contribution in [2.24, 2.45) is 4.99 Å². The topological polar surface area (TPSA) is 61.4 Å². The summed E-state index contributed by atoms with van der Waals surface area (Å²) in [6, 6.07) is 4.76. The van der Waals surface area contributed by atoms with Gasteiger partial charge in [-0.1, -0.05) is 6.92 Å². The molecular formula is C21H36F2IN5O2. The predicted molar refractivity (Wildman–Crippen MR) is 131 cm³/mol. The van der Waals surface area contributed by atoms with Crippen LogP contribution in [0.15, 0.2) is 23.2 Å². The highest BCUT2D eigenvalue weighted by Gasteiger charge is 2.14. The number of guanidine groups is 1. The molecule has 0 radical (unpaired) electrons. The van der Waals surface area contributed by atoms with Crippen molar-refractivity contribution in [3.63, 3.8) is 0 Å². The van der Waals surface area contributed by atoms with E-state index < -0.39 is 6.61 Å². The van der Waals surface area contributed by atoms with Crippen LogP contribution in [-0.2, 0) is 6.54 Å². The average Bonchev–Trinajstić information content (AvgIpc) is 2.76. The van der Waals surface area contributed by atoms with Crippen LogP contribution in [-0.4, -0.2) is 82.3 Å². The number of methoxy groups -OCH3 is 1. The van der Waals surface area contributed by atoms with Crippen LogP contribution < -0.4 is 20.1 Å². The van der Waals surface area contributed by atoms with E-state index in [1.54, 1.807) is 19.2 Å². The fourth-order valence-electron chi connectivity index (χ4n) is 3.43. The summed E-state index contributed by atoms with van der Waals surface area (Å²) in [5.41, 5.74) is 0.573. The number of alkyl halides is 2. The van der Waals surface area contributed by atoms with E-state index >= 15 is 0 Å². The molecule has 2 N–H and O–H groups in total. The lowest BCUT2D eigenvalue weighted by Crippen LogP contribution is -2.46. The van der Waals surface area contributed by atoms with Crippen LogP contribution in [0.1, 0.15) is 25.3 Å². The zero-order valence-corrected chi connectivity index (χ0v) is 21.0. The third-order valence-corrected chi connectivity index (χ3v) is 5.26. The first kappa shape index (κ1) is 27.6. The number of piperazine rings is 1. The van der Waals surface area contributed by atoms with Crippen molar-refractivity contribution < 1.29 is 18.3 Å². The summed E-state index contributed by atoms with van der Waals surface area (Å²) < 4.78 is 35.1. The number of aliphatic imine (C=N–C) groups is 1. The fraction of sp³-hybridized carbons (Fsp3) is 0.667.